The van der Waals surface area contributed by atoms with Crippen LogP contribution in [0.15, 0.2) is 12.5 Å². The highest BCUT2D eigenvalue weighted by molar-refractivity contribution is 5.22. The maximum atomic E-state index is 6.04. The Kier molecular flexibility index (Phi) is 4.93. The number of nitrogens with one attached hydrogen (secondary N) is 1. The number of nitrogens with zero attached hydrogens (tertiary/aromatic N) is 2. The van der Waals surface area contributed by atoms with Gasteiger partial charge < -0.3 is 10.1 Å². The van der Waals surface area contributed by atoms with Crippen molar-refractivity contribution in [2.45, 2.75) is 52.2 Å². The fraction of sp³-hybridized carbons (Fsp3) is 0.714. The van der Waals surface area contributed by atoms with Gasteiger partial charge in [0.1, 0.15) is 12.4 Å². The summed E-state index contributed by atoms with van der Waals surface area (Å²) >= 11 is 0. The summed E-state index contributed by atoms with van der Waals surface area (Å²) in [5.74, 6) is 1.60. The number of hydrogen-bond donors (Lipinski definition) is 1. The summed E-state index contributed by atoms with van der Waals surface area (Å²) in [6, 6.07) is 0. The van der Waals surface area contributed by atoms with Gasteiger partial charge in [-0.15, -0.1) is 0 Å². The zero-order valence-electron chi connectivity index (χ0n) is 11.4. The number of aromatic nitrogens is 2. The molecule has 0 aliphatic heterocycles. The second-order valence-electron chi connectivity index (χ2n) is 5.13. The van der Waals surface area contributed by atoms with Crippen molar-refractivity contribution in [2.24, 2.45) is 5.92 Å². The zero-order chi connectivity index (χ0) is 12.8. The lowest BCUT2D eigenvalue weighted by Gasteiger charge is -2.27. The summed E-state index contributed by atoms with van der Waals surface area (Å²) in [6.45, 7) is 6.12. The Morgan fingerprint density at radius 1 is 1.33 bits per heavy atom. The van der Waals surface area contributed by atoms with E-state index >= 15 is 0 Å². The molecule has 4 nitrogen and oxygen atoms in total. The van der Waals surface area contributed by atoms with Crippen molar-refractivity contribution in [1.82, 2.24) is 15.3 Å². The Bertz CT molecular complexity index is 362. The van der Waals surface area contributed by atoms with Gasteiger partial charge in [-0.05, 0) is 38.1 Å². The zero-order valence-corrected chi connectivity index (χ0v) is 11.4. The average Bonchev–Trinajstić information content (AvgIpc) is 2.40. The van der Waals surface area contributed by atoms with Crippen molar-refractivity contribution < 1.29 is 4.74 Å². The van der Waals surface area contributed by atoms with Gasteiger partial charge in [0.25, 0.3) is 0 Å². The number of rotatable bonds is 5. The van der Waals surface area contributed by atoms with E-state index in [4.69, 9.17) is 4.74 Å². The third-order valence-corrected chi connectivity index (χ3v) is 3.55. The summed E-state index contributed by atoms with van der Waals surface area (Å²) in [5, 5.41) is 3.29. The molecule has 0 atom stereocenters. The first-order valence-corrected chi connectivity index (χ1v) is 6.95. The quantitative estimate of drug-likeness (QED) is 0.871. The number of ether oxygens (including phenoxy) is 1. The normalized spacial score (nSPS) is 23.9. The van der Waals surface area contributed by atoms with E-state index in [1.54, 1.807) is 6.33 Å². The van der Waals surface area contributed by atoms with Crippen LogP contribution in [-0.2, 0) is 6.54 Å². The van der Waals surface area contributed by atoms with Crippen molar-refractivity contribution in [3.63, 3.8) is 0 Å². The molecular weight excluding hydrogens is 226 g/mol. The third-order valence-electron chi connectivity index (χ3n) is 3.55. The Balaban J connectivity index is 1.95. The minimum Gasteiger partial charge on any atom is -0.474 e. The molecule has 1 aromatic heterocycles. The van der Waals surface area contributed by atoms with E-state index in [1.165, 1.54) is 12.8 Å². The van der Waals surface area contributed by atoms with E-state index in [-0.39, 0.29) is 0 Å². The van der Waals surface area contributed by atoms with Gasteiger partial charge in [-0.25, -0.2) is 9.97 Å². The SMILES string of the molecule is CCNCc1cncnc1OC1CCC(C)CC1. The molecule has 1 aliphatic carbocycles. The minimum atomic E-state index is 0.330. The first kappa shape index (κ1) is 13.3. The molecule has 18 heavy (non-hydrogen) atoms. The van der Waals surface area contributed by atoms with Gasteiger partial charge >= 0.3 is 0 Å². The molecule has 1 fully saturated rings. The molecule has 0 saturated heterocycles. The second kappa shape index (κ2) is 6.69. The van der Waals surface area contributed by atoms with Gasteiger partial charge in [0.2, 0.25) is 5.88 Å². The standard InChI is InChI=1S/C14H23N3O/c1-3-15-8-12-9-16-10-17-14(12)18-13-6-4-11(2)5-7-13/h9-11,13,15H,3-8H2,1-2H3. The molecule has 100 valence electrons. The average molecular weight is 249 g/mol. The number of hydrogen-bond acceptors (Lipinski definition) is 4. The Labute approximate surface area is 109 Å². The highest BCUT2D eigenvalue weighted by Gasteiger charge is 2.20. The largest absolute Gasteiger partial charge is 0.474 e. The molecule has 1 saturated carbocycles. The summed E-state index contributed by atoms with van der Waals surface area (Å²) < 4.78 is 6.04. The van der Waals surface area contributed by atoms with Crippen LogP contribution in [0.1, 0.15) is 45.1 Å². The van der Waals surface area contributed by atoms with Crippen LogP contribution < -0.4 is 10.1 Å². The maximum absolute atomic E-state index is 6.04. The summed E-state index contributed by atoms with van der Waals surface area (Å²) in [4.78, 5) is 8.34. The molecule has 1 aliphatic rings. The van der Waals surface area contributed by atoms with Gasteiger partial charge in [0.05, 0.1) is 0 Å². The van der Waals surface area contributed by atoms with Gasteiger partial charge in [-0.2, -0.15) is 0 Å². The van der Waals surface area contributed by atoms with Crippen molar-refractivity contribution >= 4 is 0 Å². The molecule has 0 amide bonds. The van der Waals surface area contributed by atoms with Crippen LogP contribution in [-0.4, -0.2) is 22.6 Å². The summed E-state index contributed by atoms with van der Waals surface area (Å²) in [6.07, 6.45) is 8.55. The van der Waals surface area contributed by atoms with Crippen molar-refractivity contribution in [2.75, 3.05) is 6.54 Å². The predicted molar refractivity (Wildman–Crippen MR) is 71.5 cm³/mol. The summed E-state index contributed by atoms with van der Waals surface area (Å²) in [5.41, 5.74) is 1.05. The molecule has 2 rings (SSSR count). The molecule has 0 aromatic carbocycles. The molecule has 0 unspecified atom stereocenters. The van der Waals surface area contributed by atoms with E-state index in [9.17, 15) is 0 Å². The highest BCUT2D eigenvalue weighted by Crippen LogP contribution is 2.27. The van der Waals surface area contributed by atoms with Crippen LogP contribution in [0.25, 0.3) is 0 Å². The fourth-order valence-electron chi connectivity index (χ4n) is 2.34. The first-order valence-electron chi connectivity index (χ1n) is 6.95. The molecule has 0 spiro atoms. The van der Waals surface area contributed by atoms with E-state index < -0.39 is 0 Å². The van der Waals surface area contributed by atoms with Crippen LogP contribution in [0.4, 0.5) is 0 Å². The Hall–Kier alpha value is -1.16. The van der Waals surface area contributed by atoms with E-state index in [2.05, 4.69) is 29.1 Å². The predicted octanol–water partition coefficient (Wildman–Crippen LogP) is 2.54. The van der Waals surface area contributed by atoms with Gasteiger partial charge in [-0.3, -0.25) is 0 Å². The molecule has 0 radical (unpaired) electrons. The monoisotopic (exact) mass is 249 g/mol. The molecular formula is C14H23N3O. The Morgan fingerprint density at radius 2 is 2.11 bits per heavy atom. The second-order valence-corrected chi connectivity index (χ2v) is 5.13. The van der Waals surface area contributed by atoms with Crippen LogP contribution in [0.2, 0.25) is 0 Å². The van der Waals surface area contributed by atoms with Crippen LogP contribution in [0.5, 0.6) is 5.88 Å². The lowest BCUT2D eigenvalue weighted by atomic mass is 9.89. The molecule has 1 N–H and O–H groups in total. The summed E-state index contributed by atoms with van der Waals surface area (Å²) in [7, 11) is 0. The topological polar surface area (TPSA) is 47.0 Å². The van der Waals surface area contributed by atoms with Crippen LogP contribution >= 0.6 is 0 Å². The van der Waals surface area contributed by atoms with E-state index in [0.29, 0.717) is 6.10 Å². The van der Waals surface area contributed by atoms with E-state index in [0.717, 1.165) is 43.3 Å². The van der Waals surface area contributed by atoms with Crippen molar-refractivity contribution in [3.8, 4) is 5.88 Å². The fourth-order valence-corrected chi connectivity index (χ4v) is 2.34. The van der Waals surface area contributed by atoms with Crippen molar-refractivity contribution in [1.29, 1.82) is 0 Å². The van der Waals surface area contributed by atoms with Gasteiger partial charge in [0, 0.05) is 18.3 Å². The van der Waals surface area contributed by atoms with Gasteiger partial charge in [-0.1, -0.05) is 13.8 Å². The van der Waals surface area contributed by atoms with Gasteiger partial charge in [0.15, 0.2) is 0 Å². The lowest BCUT2D eigenvalue weighted by Crippen LogP contribution is -2.24. The van der Waals surface area contributed by atoms with Crippen molar-refractivity contribution in [3.05, 3.63) is 18.1 Å². The van der Waals surface area contributed by atoms with E-state index in [1.807, 2.05) is 6.20 Å². The van der Waals surface area contributed by atoms with Crippen LogP contribution in [0.3, 0.4) is 0 Å². The molecule has 0 bridgehead atoms. The third kappa shape index (κ3) is 3.67. The minimum absolute atomic E-state index is 0.330. The first-order chi connectivity index (χ1) is 8.79. The lowest BCUT2D eigenvalue weighted by molar-refractivity contribution is 0.128. The molecule has 1 aromatic rings. The van der Waals surface area contributed by atoms with Crippen LogP contribution in [0, 0.1) is 5.92 Å². The molecule has 4 heteroatoms. The molecule has 1 heterocycles. The smallest absolute Gasteiger partial charge is 0.221 e. The Morgan fingerprint density at radius 3 is 2.83 bits per heavy atom. The highest BCUT2D eigenvalue weighted by atomic mass is 16.5. The maximum Gasteiger partial charge on any atom is 0.221 e.